The van der Waals surface area contributed by atoms with Crippen molar-refractivity contribution in [3.63, 3.8) is 0 Å². The van der Waals surface area contributed by atoms with Crippen LogP contribution in [-0.4, -0.2) is 37.3 Å². The van der Waals surface area contributed by atoms with Crippen LogP contribution in [0.1, 0.15) is 36.6 Å². The molecule has 10 heteroatoms. The average Bonchev–Trinajstić information content (AvgIpc) is 3.37. The molecule has 0 radical (unpaired) electrons. The highest BCUT2D eigenvalue weighted by molar-refractivity contribution is 7.07. The summed E-state index contributed by atoms with van der Waals surface area (Å²) in [6.45, 7) is 5.49. The van der Waals surface area contributed by atoms with E-state index in [0.717, 1.165) is 16.9 Å². The van der Waals surface area contributed by atoms with Gasteiger partial charge in [-0.25, -0.2) is 9.79 Å². The maximum atomic E-state index is 14.1. The number of nitrogens with one attached hydrogen (secondary N) is 1. The summed E-state index contributed by atoms with van der Waals surface area (Å²) >= 11 is 1.11. The summed E-state index contributed by atoms with van der Waals surface area (Å²) in [7, 11) is 3.05. The van der Waals surface area contributed by atoms with Gasteiger partial charge >= 0.3 is 5.97 Å². The Morgan fingerprint density at radius 1 is 1.11 bits per heavy atom. The number of thiazole rings is 1. The zero-order chi connectivity index (χ0) is 26.4. The Morgan fingerprint density at radius 3 is 2.59 bits per heavy atom. The summed E-state index contributed by atoms with van der Waals surface area (Å²) in [5, 5.41) is 2.84. The monoisotopic (exact) mass is 519 g/mol. The number of hydrogen-bond acceptors (Lipinski definition) is 8. The number of amides is 1. The molecule has 3 heterocycles. The fourth-order valence-corrected chi connectivity index (χ4v) is 5.84. The van der Waals surface area contributed by atoms with E-state index in [4.69, 9.17) is 14.2 Å². The number of allylic oxidation sites excluding steroid dienone is 1. The average molecular weight is 520 g/mol. The molecule has 3 aromatic rings. The van der Waals surface area contributed by atoms with Crippen molar-refractivity contribution < 1.29 is 23.8 Å². The molecule has 5 rings (SSSR count). The van der Waals surface area contributed by atoms with Crippen LogP contribution in [0, 0.1) is 6.92 Å². The molecular weight excluding hydrogens is 494 g/mol. The molecule has 0 spiro atoms. The lowest BCUT2D eigenvalue weighted by Gasteiger charge is -2.26. The molecule has 37 heavy (non-hydrogen) atoms. The fourth-order valence-electron chi connectivity index (χ4n) is 4.70. The standard InChI is InChI=1S/C27H25N3O6S/c1-6-36-26(33)20-14(3)28-27-30(22(20)17-12-15(34-4)8-10-19(17)35-5)25(32)23(37-27)21-16-11-13(2)7-9-18(16)29-24(21)31/h7-12,22H,6H2,1-5H3,(H,29,31)/b23-21-/t22-/m1/s1. The minimum absolute atomic E-state index is 0.155. The molecule has 0 fully saturated rings. The number of benzene rings is 2. The lowest BCUT2D eigenvalue weighted by Crippen LogP contribution is -2.40. The number of ether oxygens (including phenoxy) is 3. The van der Waals surface area contributed by atoms with E-state index in [1.54, 1.807) is 32.0 Å². The van der Waals surface area contributed by atoms with Crippen molar-refractivity contribution in [2.24, 2.45) is 4.99 Å². The number of anilines is 1. The third kappa shape index (κ3) is 3.93. The molecule has 1 amide bonds. The van der Waals surface area contributed by atoms with Crippen molar-refractivity contribution in [1.29, 1.82) is 0 Å². The van der Waals surface area contributed by atoms with Gasteiger partial charge in [-0.1, -0.05) is 23.0 Å². The summed E-state index contributed by atoms with van der Waals surface area (Å²) in [4.78, 5) is 45.3. The maximum absolute atomic E-state index is 14.1. The molecule has 1 atom stereocenters. The van der Waals surface area contributed by atoms with Crippen molar-refractivity contribution in [3.05, 3.63) is 84.0 Å². The highest BCUT2D eigenvalue weighted by Gasteiger charge is 2.36. The van der Waals surface area contributed by atoms with Crippen LogP contribution in [-0.2, 0) is 14.3 Å². The maximum Gasteiger partial charge on any atom is 0.338 e. The Labute approximate surface area is 216 Å². The van der Waals surface area contributed by atoms with E-state index in [2.05, 4.69) is 10.3 Å². The number of aromatic nitrogens is 1. The summed E-state index contributed by atoms with van der Waals surface area (Å²) in [5.74, 6) is 0.0390. The smallest absolute Gasteiger partial charge is 0.338 e. The van der Waals surface area contributed by atoms with Crippen molar-refractivity contribution in [1.82, 2.24) is 4.57 Å². The van der Waals surface area contributed by atoms with Gasteiger partial charge in [0.05, 0.1) is 37.7 Å². The van der Waals surface area contributed by atoms with Gasteiger partial charge in [-0.3, -0.25) is 14.2 Å². The van der Waals surface area contributed by atoms with Gasteiger partial charge in [0.2, 0.25) is 0 Å². The molecule has 2 aliphatic heterocycles. The first-order valence-electron chi connectivity index (χ1n) is 11.7. The van der Waals surface area contributed by atoms with Gasteiger partial charge in [-0.2, -0.15) is 0 Å². The van der Waals surface area contributed by atoms with Gasteiger partial charge in [0.15, 0.2) is 4.80 Å². The number of esters is 1. The molecule has 9 nitrogen and oxygen atoms in total. The van der Waals surface area contributed by atoms with E-state index in [-0.39, 0.29) is 28.2 Å². The molecule has 0 saturated carbocycles. The van der Waals surface area contributed by atoms with Crippen LogP contribution in [0.2, 0.25) is 0 Å². The lowest BCUT2D eigenvalue weighted by atomic mass is 9.94. The minimum Gasteiger partial charge on any atom is -0.497 e. The number of fused-ring (bicyclic) bond motifs is 2. The Kier molecular flexibility index (Phi) is 6.20. The number of rotatable bonds is 5. The molecule has 2 aliphatic rings. The van der Waals surface area contributed by atoms with Gasteiger partial charge in [0, 0.05) is 16.8 Å². The molecular formula is C27H25N3O6S. The minimum atomic E-state index is -0.906. The van der Waals surface area contributed by atoms with Crippen LogP contribution in [0.4, 0.5) is 5.69 Å². The van der Waals surface area contributed by atoms with E-state index < -0.39 is 17.6 Å². The fraction of sp³-hybridized carbons (Fsp3) is 0.259. The van der Waals surface area contributed by atoms with Crippen LogP contribution >= 0.6 is 11.3 Å². The predicted octanol–water partition coefficient (Wildman–Crippen LogP) is 2.45. The third-order valence-electron chi connectivity index (χ3n) is 6.37. The SMILES string of the molecule is CCOC(=O)C1=C(C)N=c2s/c(=C3\C(=O)Nc4ccc(C)cc43)c(=O)n2[C@@H]1c1cc(OC)ccc1OC. The second-order valence-corrected chi connectivity index (χ2v) is 9.59. The number of carbonyl (C=O) groups is 2. The van der Waals surface area contributed by atoms with Crippen molar-refractivity contribution >= 4 is 34.5 Å². The van der Waals surface area contributed by atoms with E-state index in [9.17, 15) is 14.4 Å². The molecule has 1 N–H and O–H groups in total. The van der Waals surface area contributed by atoms with Crippen LogP contribution in [0.3, 0.4) is 0 Å². The van der Waals surface area contributed by atoms with Crippen molar-refractivity contribution in [2.75, 3.05) is 26.1 Å². The summed E-state index contributed by atoms with van der Waals surface area (Å²) < 4.78 is 18.1. The van der Waals surface area contributed by atoms with E-state index in [1.807, 2.05) is 25.1 Å². The number of methoxy groups -OCH3 is 2. The molecule has 1 aromatic heterocycles. The lowest BCUT2D eigenvalue weighted by molar-refractivity contribution is -0.139. The van der Waals surface area contributed by atoms with Gasteiger partial charge in [-0.15, -0.1) is 0 Å². The molecule has 190 valence electrons. The Balaban J connectivity index is 1.86. The second kappa shape index (κ2) is 9.36. The van der Waals surface area contributed by atoms with Crippen LogP contribution in [0.5, 0.6) is 11.5 Å². The predicted molar refractivity (Wildman–Crippen MR) is 139 cm³/mol. The summed E-state index contributed by atoms with van der Waals surface area (Å²) in [6, 6.07) is 9.86. The van der Waals surface area contributed by atoms with Crippen LogP contribution in [0.15, 0.2) is 57.5 Å². The van der Waals surface area contributed by atoms with Crippen LogP contribution in [0.25, 0.3) is 5.57 Å². The number of aryl methyl sites for hydroxylation is 1. The molecule has 0 saturated heterocycles. The van der Waals surface area contributed by atoms with Crippen molar-refractivity contribution in [2.45, 2.75) is 26.8 Å². The van der Waals surface area contributed by atoms with E-state index in [1.165, 1.54) is 18.8 Å². The number of nitrogens with zero attached hydrogens (tertiary/aromatic N) is 2. The summed E-state index contributed by atoms with van der Waals surface area (Å²) in [6.07, 6.45) is 0. The van der Waals surface area contributed by atoms with Gasteiger partial charge in [-0.05, 0) is 51.1 Å². The highest BCUT2D eigenvalue weighted by Crippen LogP contribution is 2.38. The van der Waals surface area contributed by atoms with E-state index in [0.29, 0.717) is 38.8 Å². The second-order valence-electron chi connectivity index (χ2n) is 8.61. The quantitative estimate of drug-likeness (QED) is 0.519. The van der Waals surface area contributed by atoms with Gasteiger partial charge < -0.3 is 19.5 Å². The van der Waals surface area contributed by atoms with Crippen molar-refractivity contribution in [3.8, 4) is 11.5 Å². The number of hydrogen-bond donors (Lipinski definition) is 1. The largest absolute Gasteiger partial charge is 0.497 e. The highest BCUT2D eigenvalue weighted by atomic mass is 32.1. The zero-order valence-electron chi connectivity index (χ0n) is 21.0. The first-order chi connectivity index (χ1) is 17.8. The first-order valence-corrected chi connectivity index (χ1v) is 12.5. The molecule has 0 bridgehead atoms. The van der Waals surface area contributed by atoms with Gasteiger partial charge in [0.25, 0.3) is 11.5 Å². The zero-order valence-corrected chi connectivity index (χ0v) is 21.8. The molecule has 0 aliphatic carbocycles. The van der Waals surface area contributed by atoms with E-state index >= 15 is 0 Å². The third-order valence-corrected chi connectivity index (χ3v) is 7.42. The first kappa shape index (κ1) is 24.5. The Morgan fingerprint density at radius 2 is 1.89 bits per heavy atom. The summed E-state index contributed by atoms with van der Waals surface area (Å²) in [5.41, 5.74) is 3.27. The Bertz CT molecular complexity index is 1680. The van der Waals surface area contributed by atoms with Gasteiger partial charge in [0.1, 0.15) is 22.1 Å². The molecule has 2 aromatic carbocycles. The Hall–Kier alpha value is -4.18. The normalized spacial score (nSPS) is 17.5. The number of carbonyl (C=O) groups excluding carboxylic acids is 2. The van der Waals surface area contributed by atoms with Crippen LogP contribution < -0.4 is 29.7 Å². The molecule has 0 unspecified atom stereocenters. The topological polar surface area (TPSA) is 108 Å².